The number of hydrogen-bond acceptors (Lipinski definition) is 5. The molecule has 1 heterocycles. The molecule has 1 amide bonds. The van der Waals surface area contributed by atoms with Crippen LogP contribution in [0.25, 0.3) is 0 Å². The van der Waals surface area contributed by atoms with Gasteiger partial charge >= 0.3 is 5.97 Å². The van der Waals surface area contributed by atoms with E-state index in [-0.39, 0.29) is 6.42 Å². The third-order valence-electron chi connectivity index (χ3n) is 5.76. The van der Waals surface area contributed by atoms with Crippen molar-refractivity contribution in [2.24, 2.45) is 0 Å². The van der Waals surface area contributed by atoms with E-state index in [1.54, 1.807) is 18.2 Å². The molecule has 7 nitrogen and oxygen atoms in total. The maximum atomic E-state index is 12.4. The summed E-state index contributed by atoms with van der Waals surface area (Å²) in [6.45, 7) is 1.23. The molecule has 2 N–H and O–H groups in total. The number of ether oxygens (including phenoxy) is 3. The second-order valence-electron chi connectivity index (χ2n) is 8.43. The van der Waals surface area contributed by atoms with Crippen LogP contribution < -0.4 is 14.8 Å². The summed E-state index contributed by atoms with van der Waals surface area (Å²) < 4.78 is 17.5. The average Bonchev–Trinajstić information content (AvgIpc) is 3.43. The molecule has 4 rings (SSSR count). The molecule has 0 unspecified atom stereocenters. The minimum absolute atomic E-state index is 0.106. The fourth-order valence-corrected chi connectivity index (χ4v) is 3.87. The molecule has 0 radical (unpaired) electrons. The van der Waals surface area contributed by atoms with Crippen molar-refractivity contribution in [2.45, 2.75) is 44.6 Å². The van der Waals surface area contributed by atoms with Gasteiger partial charge in [0.05, 0.1) is 0 Å². The summed E-state index contributed by atoms with van der Waals surface area (Å²) >= 11 is 0. The maximum Gasteiger partial charge on any atom is 0.326 e. The summed E-state index contributed by atoms with van der Waals surface area (Å²) in [5.41, 5.74) is 2.73. The number of carboxylic acid groups (broad SMARTS) is 1. The fraction of sp³-hybridized carbons (Fsp3) is 0.286. The largest absolute Gasteiger partial charge is 0.485 e. The van der Waals surface area contributed by atoms with Gasteiger partial charge in [0.2, 0.25) is 5.91 Å². The molecule has 0 bridgehead atoms. The van der Waals surface area contributed by atoms with Crippen LogP contribution in [0.15, 0.2) is 78.9 Å². The van der Waals surface area contributed by atoms with Crippen molar-refractivity contribution >= 4 is 11.9 Å². The molecule has 7 heteroatoms. The highest BCUT2D eigenvalue weighted by Crippen LogP contribution is 2.30. The van der Waals surface area contributed by atoms with Gasteiger partial charge in [0.1, 0.15) is 25.4 Å². The fourth-order valence-electron chi connectivity index (χ4n) is 3.87. The second-order valence-corrected chi connectivity index (χ2v) is 8.43. The van der Waals surface area contributed by atoms with Crippen LogP contribution in [0.1, 0.15) is 29.5 Å². The number of carbonyl (C=O) groups is 2. The first-order valence-electron chi connectivity index (χ1n) is 11.7. The Morgan fingerprint density at radius 3 is 2.09 bits per heavy atom. The summed E-state index contributed by atoms with van der Waals surface area (Å²) in [5.74, 6) is -0.425. The normalized spacial score (nSPS) is 15.8. The maximum absolute atomic E-state index is 12.4. The Balaban J connectivity index is 1.49. The summed E-state index contributed by atoms with van der Waals surface area (Å²) in [4.78, 5) is 24.3. The van der Waals surface area contributed by atoms with E-state index < -0.39 is 24.0 Å². The first-order valence-corrected chi connectivity index (χ1v) is 11.7. The van der Waals surface area contributed by atoms with Crippen LogP contribution in [0.5, 0.6) is 11.5 Å². The zero-order chi connectivity index (χ0) is 24.5. The van der Waals surface area contributed by atoms with Gasteiger partial charge in [0, 0.05) is 13.0 Å². The van der Waals surface area contributed by atoms with Gasteiger partial charge < -0.3 is 24.6 Å². The number of amides is 1. The number of rotatable bonds is 11. The third-order valence-corrected chi connectivity index (χ3v) is 5.76. The van der Waals surface area contributed by atoms with Crippen LogP contribution >= 0.6 is 0 Å². The van der Waals surface area contributed by atoms with Crippen LogP contribution in [-0.2, 0) is 34.0 Å². The van der Waals surface area contributed by atoms with E-state index in [4.69, 9.17) is 14.2 Å². The van der Waals surface area contributed by atoms with Gasteiger partial charge in [-0.25, -0.2) is 4.79 Å². The van der Waals surface area contributed by atoms with Gasteiger partial charge in [-0.2, -0.15) is 0 Å². The average molecular weight is 476 g/mol. The van der Waals surface area contributed by atoms with Crippen LogP contribution in [0.2, 0.25) is 0 Å². The number of aliphatic carboxylic acids is 1. The zero-order valence-electron chi connectivity index (χ0n) is 19.4. The predicted octanol–water partition coefficient (Wildman–Crippen LogP) is 4.14. The van der Waals surface area contributed by atoms with Crippen molar-refractivity contribution in [3.05, 3.63) is 95.6 Å². The van der Waals surface area contributed by atoms with Crippen molar-refractivity contribution in [2.75, 3.05) is 6.61 Å². The van der Waals surface area contributed by atoms with Crippen molar-refractivity contribution in [1.29, 1.82) is 0 Å². The van der Waals surface area contributed by atoms with E-state index in [0.29, 0.717) is 43.3 Å². The van der Waals surface area contributed by atoms with Gasteiger partial charge in [-0.1, -0.05) is 66.7 Å². The molecule has 0 aromatic heterocycles. The summed E-state index contributed by atoms with van der Waals surface area (Å²) in [7, 11) is 0. The smallest absolute Gasteiger partial charge is 0.326 e. The standard InChI is InChI=1S/C28H29NO6/c30-27(25-12-7-15-33-25)29-23(28(31)32)16-22-13-14-24(34-18-20-8-3-1-4-9-20)26(17-22)35-19-21-10-5-2-6-11-21/h1-6,8-11,13-14,17,23,25H,7,12,15-16,18-19H2,(H,29,30)(H,31,32)/t23-,25-/m1/s1. The van der Waals surface area contributed by atoms with Gasteiger partial charge in [-0.15, -0.1) is 0 Å². The number of nitrogens with one attached hydrogen (secondary N) is 1. The Morgan fingerprint density at radius 2 is 1.51 bits per heavy atom. The van der Waals surface area contributed by atoms with Crippen LogP contribution in [0.3, 0.4) is 0 Å². The lowest BCUT2D eigenvalue weighted by atomic mass is 10.0. The molecule has 0 spiro atoms. The quantitative estimate of drug-likeness (QED) is 0.433. The Labute approximate surface area is 204 Å². The number of carbonyl (C=O) groups excluding carboxylic acids is 1. The SMILES string of the molecule is O=C(O)[C@@H](Cc1ccc(OCc2ccccc2)c(OCc2ccccc2)c1)NC(=O)[C@H]1CCCO1. The Morgan fingerprint density at radius 1 is 0.886 bits per heavy atom. The van der Waals surface area contributed by atoms with E-state index >= 15 is 0 Å². The molecule has 3 aromatic rings. The Kier molecular flexibility index (Phi) is 8.35. The summed E-state index contributed by atoms with van der Waals surface area (Å²) in [6, 6.07) is 23.8. The van der Waals surface area contributed by atoms with Crippen molar-refractivity contribution < 1.29 is 28.9 Å². The molecule has 1 fully saturated rings. The Hall–Kier alpha value is -3.84. The molecule has 182 valence electrons. The number of benzene rings is 3. The second kappa shape index (κ2) is 12.0. The van der Waals surface area contributed by atoms with E-state index in [0.717, 1.165) is 17.5 Å². The first-order chi connectivity index (χ1) is 17.1. The minimum Gasteiger partial charge on any atom is -0.485 e. The van der Waals surface area contributed by atoms with E-state index in [1.807, 2.05) is 60.7 Å². The molecule has 1 aliphatic heterocycles. The van der Waals surface area contributed by atoms with Gasteiger partial charge in [-0.05, 0) is 41.7 Å². The van der Waals surface area contributed by atoms with Crippen LogP contribution in [-0.4, -0.2) is 35.7 Å². The Bertz CT molecular complexity index is 1110. The molecule has 35 heavy (non-hydrogen) atoms. The molecule has 1 saturated heterocycles. The lowest BCUT2D eigenvalue weighted by Gasteiger charge is -2.19. The van der Waals surface area contributed by atoms with Gasteiger partial charge in [0.25, 0.3) is 0 Å². The molecular formula is C28H29NO6. The van der Waals surface area contributed by atoms with Gasteiger partial charge in [-0.3, -0.25) is 4.79 Å². The highest BCUT2D eigenvalue weighted by molar-refractivity contribution is 5.86. The summed E-state index contributed by atoms with van der Waals surface area (Å²) in [6.07, 6.45) is 0.912. The molecule has 0 saturated carbocycles. The van der Waals surface area contributed by atoms with Crippen LogP contribution in [0.4, 0.5) is 0 Å². The molecule has 0 aliphatic carbocycles. The van der Waals surface area contributed by atoms with Crippen molar-refractivity contribution in [3.8, 4) is 11.5 Å². The first kappa shape index (κ1) is 24.3. The molecule has 3 aromatic carbocycles. The summed E-state index contributed by atoms with van der Waals surface area (Å²) in [5, 5.41) is 12.3. The van der Waals surface area contributed by atoms with E-state index in [1.165, 1.54) is 0 Å². The van der Waals surface area contributed by atoms with E-state index in [2.05, 4.69) is 5.32 Å². The zero-order valence-corrected chi connectivity index (χ0v) is 19.4. The minimum atomic E-state index is -1.10. The van der Waals surface area contributed by atoms with E-state index in [9.17, 15) is 14.7 Å². The highest BCUT2D eigenvalue weighted by atomic mass is 16.5. The lowest BCUT2D eigenvalue weighted by molar-refractivity contribution is -0.143. The number of carboxylic acids is 1. The molecular weight excluding hydrogens is 446 g/mol. The molecule has 1 aliphatic rings. The molecule has 2 atom stereocenters. The van der Waals surface area contributed by atoms with Crippen LogP contribution in [0, 0.1) is 0 Å². The lowest BCUT2D eigenvalue weighted by Crippen LogP contribution is -2.46. The third kappa shape index (κ3) is 7.07. The van der Waals surface area contributed by atoms with Crippen molar-refractivity contribution in [3.63, 3.8) is 0 Å². The number of hydrogen-bond donors (Lipinski definition) is 2. The van der Waals surface area contributed by atoms with Crippen molar-refractivity contribution in [1.82, 2.24) is 5.32 Å². The topological polar surface area (TPSA) is 94.1 Å². The highest BCUT2D eigenvalue weighted by Gasteiger charge is 2.28. The monoisotopic (exact) mass is 475 g/mol. The predicted molar refractivity (Wildman–Crippen MR) is 130 cm³/mol. The van der Waals surface area contributed by atoms with Gasteiger partial charge in [0.15, 0.2) is 11.5 Å².